The fraction of sp³-hybridized carbons (Fsp3) is 0.389. The number of rotatable bonds is 5. The number of nitrogens with one attached hydrogen (secondary N) is 1. The molecule has 1 saturated heterocycles. The monoisotopic (exact) mass is 376 g/mol. The van der Waals surface area contributed by atoms with Crippen molar-refractivity contribution in [1.29, 1.82) is 0 Å². The van der Waals surface area contributed by atoms with Gasteiger partial charge in [0.2, 0.25) is 11.7 Å². The summed E-state index contributed by atoms with van der Waals surface area (Å²) in [4.78, 5) is 28.2. The molecule has 0 radical (unpaired) electrons. The van der Waals surface area contributed by atoms with Gasteiger partial charge in [-0.05, 0) is 24.6 Å². The van der Waals surface area contributed by atoms with Crippen molar-refractivity contribution < 1.29 is 14.1 Å². The quantitative estimate of drug-likeness (QED) is 0.859. The third-order valence-electron chi connectivity index (χ3n) is 4.27. The van der Waals surface area contributed by atoms with E-state index in [1.165, 1.54) is 0 Å². The van der Waals surface area contributed by atoms with Crippen LogP contribution in [0.3, 0.4) is 0 Å². The van der Waals surface area contributed by atoms with E-state index in [0.717, 1.165) is 5.56 Å². The lowest BCUT2D eigenvalue weighted by atomic mass is 10.2. The Hall–Kier alpha value is -2.38. The van der Waals surface area contributed by atoms with E-state index in [-0.39, 0.29) is 17.6 Å². The van der Waals surface area contributed by atoms with Gasteiger partial charge in [0, 0.05) is 43.8 Å². The van der Waals surface area contributed by atoms with Gasteiger partial charge in [0.05, 0.1) is 12.2 Å². The van der Waals surface area contributed by atoms with E-state index in [2.05, 4.69) is 10.5 Å². The Balaban J connectivity index is 1.41. The van der Waals surface area contributed by atoms with E-state index in [1.807, 2.05) is 17.0 Å². The van der Waals surface area contributed by atoms with E-state index >= 15 is 0 Å². The zero-order valence-electron chi connectivity index (χ0n) is 14.6. The number of aryl methyl sites for hydroxylation is 1. The van der Waals surface area contributed by atoms with Crippen LogP contribution in [0.25, 0.3) is 0 Å². The molecule has 1 aliphatic rings. The molecule has 0 saturated carbocycles. The van der Waals surface area contributed by atoms with E-state index in [1.54, 1.807) is 30.0 Å². The predicted molar refractivity (Wildman–Crippen MR) is 96.9 cm³/mol. The number of hydrogen-bond acceptors (Lipinski definition) is 5. The van der Waals surface area contributed by atoms with Gasteiger partial charge >= 0.3 is 0 Å². The van der Waals surface area contributed by atoms with Crippen LogP contribution in [0, 0.1) is 6.92 Å². The van der Waals surface area contributed by atoms with Crippen molar-refractivity contribution in [2.75, 3.05) is 32.7 Å². The third kappa shape index (κ3) is 4.83. The molecule has 138 valence electrons. The molecule has 2 amide bonds. The lowest BCUT2D eigenvalue weighted by molar-refractivity contribution is -0.122. The molecule has 2 heterocycles. The van der Waals surface area contributed by atoms with Crippen molar-refractivity contribution in [3.05, 3.63) is 52.4 Å². The first-order valence-corrected chi connectivity index (χ1v) is 8.85. The minimum atomic E-state index is -0.155. The van der Waals surface area contributed by atoms with Crippen molar-refractivity contribution in [2.45, 2.75) is 13.5 Å². The summed E-state index contributed by atoms with van der Waals surface area (Å²) in [7, 11) is 0. The molecule has 3 rings (SSSR count). The van der Waals surface area contributed by atoms with Gasteiger partial charge in [0.1, 0.15) is 0 Å². The van der Waals surface area contributed by atoms with Gasteiger partial charge in [-0.2, -0.15) is 0 Å². The highest BCUT2D eigenvalue weighted by molar-refractivity contribution is 6.30. The van der Waals surface area contributed by atoms with Gasteiger partial charge in [0.15, 0.2) is 0 Å². The predicted octanol–water partition coefficient (Wildman–Crippen LogP) is 1.71. The number of aromatic nitrogens is 1. The largest absolute Gasteiger partial charge is 0.351 e. The number of amides is 2. The van der Waals surface area contributed by atoms with Crippen LogP contribution in [0.15, 0.2) is 34.9 Å². The normalized spacial score (nSPS) is 15.1. The molecule has 7 nitrogen and oxygen atoms in total. The Labute approximate surface area is 156 Å². The van der Waals surface area contributed by atoms with Crippen LogP contribution >= 0.6 is 11.6 Å². The molecule has 0 unspecified atom stereocenters. The summed E-state index contributed by atoms with van der Waals surface area (Å²) < 4.78 is 5.02. The molecule has 1 aromatic carbocycles. The topological polar surface area (TPSA) is 78.7 Å². The maximum Gasteiger partial charge on any atom is 0.292 e. The Kier molecular flexibility index (Phi) is 5.90. The van der Waals surface area contributed by atoms with Crippen LogP contribution in [0.5, 0.6) is 0 Å². The van der Waals surface area contributed by atoms with Crippen molar-refractivity contribution in [2.24, 2.45) is 0 Å². The maximum absolute atomic E-state index is 12.3. The lowest BCUT2D eigenvalue weighted by Crippen LogP contribution is -2.51. The average Bonchev–Trinajstić information content (AvgIpc) is 3.08. The van der Waals surface area contributed by atoms with Crippen LogP contribution in [-0.4, -0.2) is 59.5 Å². The van der Waals surface area contributed by atoms with Crippen LogP contribution in [0.1, 0.15) is 21.8 Å². The SMILES string of the molecule is Cc1cc(C(=O)N2CCN(CC(=O)NCc3ccc(Cl)cc3)CC2)on1. The van der Waals surface area contributed by atoms with Gasteiger partial charge in [-0.1, -0.05) is 28.9 Å². The minimum absolute atomic E-state index is 0.0365. The fourth-order valence-corrected chi connectivity index (χ4v) is 2.92. The standard InChI is InChI=1S/C18H21ClN4O3/c1-13-10-16(26-21-13)18(25)23-8-6-22(7-9-23)12-17(24)20-11-14-2-4-15(19)5-3-14/h2-5,10H,6-9,11-12H2,1H3,(H,20,24). The lowest BCUT2D eigenvalue weighted by Gasteiger charge is -2.33. The van der Waals surface area contributed by atoms with Crippen molar-refractivity contribution >= 4 is 23.4 Å². The Bertz CT molecular complexity index is 767. The van der Waals surface area contributed by atoms with Gasteiger partial charge in [-0.3, -0.25) is 14.5 Å². The zero-order chi connectivity index (χ0) is 18.5. The second-order valence-corrected chi connectivity index (χ2v) is 6.74. The molecule has 0 spiro atoms. The number of nitrogens with zero attached hydrogens (tertiary/aromatic N) is 3. The third-order valence-corrected chi connectivity index (χ3v) is 4.52. The average molecular weight is 377 g/mol. The molecule has 1 fully saturated rings. The van der Waals surface area contributed by atoms with Crippen molar-refractivity contribution in [3.63, 3.8) is 0 Å². The second kappa shape index (κ2) is 8.33. The summed E-state index contributed by atoms with van der Waals surface area (Å²) in [5, 5.41) is 7.32. The van der Waals surface area contributed by atoms with Crippen LogP contribution < -0.4 is 5.32 Å². The van der Waals surface area contributed by atoms with E-state index < -0.39 is 0 Å². The highest BCUT2D eigenvalue weighted by atomic mass is 35.5. The smallest absolute Gasteiger partial charge is 0.292 e. The molecular weight excluding hydrogens is 356 g/mol. The molecule has 0 aliphatic carbocycles. The summed E-state index contributed by atoms with van der Waals surface area (Å²) in [6.07, 6.45) is 0. The number of carbonyl (C=O) groups excluding carboxylic acids is 2. The Morgan fingerprint density at radius 2 is 1.88 bits per heavy atom. The number of hydrogen-bond donors (Lipinski definition) is 1. The second-order valence-electron chi connectivity index (χ2n) is 6.30. The fourth-order valence-electron chi connectivity index (χ4n) is 2.79. The molecule has 0 atom stereocenters. The van der Waals surface area contributed by atoms with Crippen molar-refractivity contribution in [3.8, 4) is 0 Å². The van der Waals surface area contributed by atoms with E-state index in [9.17, 15) is 9.59 Å². The number of piperazine rings is 1. The number of halogens is 1. The highest BCUT2D eigenvalue weighted by Gasteiger charge is 2.25. The first kappa shape index (κ1) is 18.4. The van der Waals surface area contributed by atoms with Crippen LogP contribution in [0.2, 0.25) is 5.02 Å². The molecule has 1 N–H and O–H groups in total. The molecular formula is C18H21ClN4O3. The van der Waals surface area contributed by atoms with Gasteiger partial charge in [0.25, 0.3) is 5.91 Å². The molecule has 1 aromatic heterocycles. The molecule has 1 aliphatic heterocycles. The molecule has 26 heavy (non-hydrogen) atoms. The Morgan fingerprint density at radius 1 is 1.19 bits per heavy atom. The van der Waals surface area contributed by atoms with Gasteiger partial charge in [-0.25, -0.2) is 0 Å². The summed E-state index contributed by atoms with van der Waals surface area (Å²) >= 11 is 5.85. The highest BCUT2D eigenvalue weighted by Crippen LogP contribution is 2.11. The summed E-state index contributed by atoms with van der Waals surface area (Å²) in [5.41, 5.74) is 1.69. The Morgan fingerprint density at radius 3 is 2.50 bits per heavy atom. The molecule has 8 heteroatoms. The van der Waals surface area contributed by atoms with Crippen LogP contribution in [-0.2, 0) is 11.3 Å². The molecule has 2 aromatic rings. The van der Waals surface area contributed by atoms with E-state index in [0.29, 0.717) is 50.0 Å². The van der Waals surface area contributed by atoms with Crippen LogP contribution in [0.4, 0.5) is 0 Å². The zero-order valence-corrected chi connectivity index (χ0v) is 15.3. The first-order chi connectivity index (χ1) is 12.5. The number of carbonyl (C=O) groups is 2. The maximum atomic E-state index is 12.3. The number of benzene rings is 1. The van der Waals surface area contributed by atoms with Gasteiger partial charge < -0.3 is 14.7 Å². The summed E-state index contributed by atoms with van der Waals surface area (Å²) in [5.74, 6) is 0.0692. The van der Waals surface area contributed by atoms with Gasteiger partial charge in [-0.15, -0.1) is 0 Å². The summed E-state index contributed by atoms with van der Waals surface area (Å²) in [6, 6.07) is 9.01. The molecule has 0 bridgehead atoms. The first-order valence-electron chi connectivity index (χ1n) is 8.47. The van der Waals surface area contributed by atoms with Crippen molar-refractivity contribution in [1.82, 2.24) is 20.3 Å². The summed E-state index contributed by atoms with van der Waals surface area (Å²) in [6.45, 7) is 4.98. The van der Waals surface area contributed by atoms with E-state index in [4.69, 9.17) is 16.1 Å². The minimum Gasteiger partial charge on any atom is -0.351 e.